The summed E-state index contributed by atoms with van der Waals surface area (Å²) in [6.45, 7) is -0.484. The van der Waals surface area contributed by atoms with Gasteiger partial charge >= 0.3 is 12.1 Å². The third-order valence-corrected chi connectivity index (χ3v) is 5.45. The first-order valence-electron chi connectivity index (χ1n) is 6.72. The van der Waals surface area contributed by atoms with Crippen LogP contribution in [-0.2, 0) is 22.7 Å². The number of nitrogens with zero attached hydrogens (tertiary/aromatic N) is 3. The topological polar surface area (TPSA) is 92.1 Å². The summed E-state index contributed by atoms with van der Waals surface area (Å²) in [6.07, 6.45) is -3.51. The van der Waals surface area contributed by atoms with Crippen molar-refractivity contribution in [3.05, 3.63) is 41.1 Å². The number of aromatic nitrogens is 3. The lowest BCUT2D eigenvalue weighted by molar-refractivity contribution is -0.159. The Morgan fingerprint density at radius 3 is 2.72 bits per heavy atom. The SMILES string of the molecule is CN(Cc1noc(C(F)(F)F)n1)S(=O)(=O)c1c[nH]c2cc(Cl)ccc12. The number of hydrogen-bond donors (Lipinski definition) is 1. The van der Waals surface area contributed by atoms with Crippen LogP contribution >= 0.6 is 11.6 Å². The van der Waals surface area contributed by atoms with Gasteiger partial charge in [0.1, 0.15) is 4.90 Å². The van der Waals surface area contributed by atoms with Crippen LogP contribution < -0.4 is 0 Å². The fraction of sp³-hybridized carbons (Fsp3) is 0.231. The van der Waals surface area contributed by atoms with Crippen molar-refractivity contribution in [2.75, 3.05) is 7.05 Å². The molecular formula is C13H10ClF3N4O3S. The highest BCUT2D eigenvalue weighted by Gasteiger charge is 2.38. The summed E-state index contributed by atoms with van der Waals surface area (Å²) in [4.78, 5) is 5.90. The highest BCUT2D eigenvalue weighted by molar-refractivity contribution is 7.89. The number of nitrogens with one attached hydrogen (secondary N) is 1. The van der Waals surface area contributed by atoms with Gasteiger partial charge in [0.05, 0.1) is 6.54 Å². The molecule has 0 aliphatic rings. The highest BCUT2D eigenvalue weighted by atomic mass is 35.5. The van der Waals surface area contributed by atoms with Gasteiger partial charge in [-0.15, -0.1) is 0 Å². The summed E-state index contributed by atoms with van der Waals surface area (Å²) in [7, 11) is -2.80. The first-order chi connectivity index (χ1) is 11.6. The summed E-state index contributed by atoms with van der Waals surface area (Å²) >= 11 is 5.85. The number of hydrogen-bond acceptors (Lipinski definition) is 5. The van der Waals surface area contributed by atoms with Crippen LogP contribution in [0, 0.1) is 0 Å². The molecule has 2 heterocycles. The van der Waals surface area contributed by atoms with Crippen molar-refractivity contribution in [2.45, 2.75) is 17.6 Å². The Labute approximate surface area is 144 Å². The van der Waals surface area contributed by atoms with Gasteiger partial charge in [-0.1, -0.05) is 16.8 Å². The van der Waals surface area contributed by atoms with E-state index in [0.717, 1.165) is 4.31 Å². The molecule has 0 radical (unpaired) electrons. The van der Waals surface area contributed by atoms with E-state index in [1.165, 1.54) is 25.4 Å². The second kappa shape index (κ2) is 6.00. The van der Waals surface area contributed by atoms with Crippen molar-refractivity contribution in [1.82, 2.24) is 19.4 Å². The predicted octanol–water partition coefficient (Wildman–Crippen LogP) is 3.04. The summed E-state index contributed by atoms with van der Waals surface area (Å²) in [6, 6.07) is 4.63. The van der Waals surface area contributed by atoms with E-state index >= 15 is 0 Å². The quantitative estimate of drug-likeness (QED) is 0.734. The van der Waals surface area contributed by atoms with Gasteiger partial charge in [-0.3, -0.25) is 0 Å². The van der Waals surface area contributed by atoms with E-state index in [-0.39, 0.29) is 4.90 Å². The van der Waals surface area contributed by atoms with Gasteiger partial charge in [0, 0.05) is 29.2 Å². The van der Waals surface area contributed by atoms with Crippen molar-refractivity contribution in [3.63, 3.8) is 0 Å². The summed E-state index contributed by atoms with van der Waals surface area (Å²) in [5, 5.41) is 3.99. The van der Waals surface area contributed by atoms with Gasteiger partial charge in [0.2, 0.25) is 10.0 Å². The van der Waals surface area contributed by atoms with E-state index in [1.54, 1.807) is 6.07 Å². The molecule has 0 bridgehead atoms. The zero-order chi connectivity index (χ0) is 18.4. The number of H-pyrrole nitrogens is 1. The second-order valence-electron chi connectivity index (χ2n) is 5.12. The fourth-order valence-corrected chi connectivity index (χ4v) is 3.63. The van der Waals surface area contributed by atoms with Gasteiger partial charge < -0.3 is 9.51 Å². The average molecular weight is 395 g/mol. The molecule has 7 nitrogen and oxygen atoms in total. The van der Waals surface area contributed by atoms with Crippen LogP contribution in [0.1, 0.15) is 11.7 Å². The first-order valence-corrected chi connectivity index (χ1v) is 8.53. The zero-order valence-electron chi connectivity index (χ0n) is 12.5. The van der Waals surface area contributed by atoms with Gasteiger partial charge in [-0.05, 0) is 18.2 Å². The van der Waals surface area contributed by atoms with Gasteiger partial charge in [-0.25, -0.2) is 8.42 Å². The van der Waals surface area contributed by atoms with E-state index in [2.05, 4.69) is 19.6 Å². The van der Waals surface area contributed by atoms with Gasteiger partial charge in [0.25, 0.3) is 0 Å². The number of alkyl halides is 3. The molecule has 134 valence electrons. The standard InChI is InChI=1S/C13H10ClF3N4O3S/c1-21(6-11-19-12(24-20-11)13(15,16)17)25(22,23)10-5-18-9-4-7(14)2-3-8(9)10/h2-5,18H,6H2,1H3. The third kappa shape index (κ3) is 3.34. The fourth-order valence-electron chi connectivity index (χ4n) is 2.17. The maximum Gasteiger partial charge on any atom is 0.471 e. The molecule has 2 aromatic heterocycles. The third-order valence-electron chi connectivity index (χ3n) is 3.37. The largest absolute Gasteiger partial charge is 0.471 e. The van der Waals surface area contributed by atoms with E-state index < -0.39 is 34.5 Å². The Bertz CT molecular complexity index is 1030. The minimum absolute atomic E-state index is 0.0405. The average Bonchev–Trinajstić information content (AvgIpc) is 3.12. The van der Waals surface area contributed by atoms with Crippen LogP contribution in [0.4, 0.5) is 13.2 Å². The molecule has 1 aromatic carbocycles. The number of rotatable bonds is 4. The van der Waals surface area contributed by atoms with E-state index in [4.69, 9.17) is 11.6 Å². The molecule has 12 heteroatoms. The zero-order valence-corrected chi connectivity index (χ0v) is 14.1. The molecule has 25 heavy (non-hydrogen) atoms. The second-order valence-corrected chi connectivity index (χ2v) is 7.57. The lowest BCUT2D eigenvalue weighted by Gasteiger charge is -2.14. The molecule has 0 aliphatic heterocycles. The van der Waals surface area contributed by atoms with E-state index in [0.29, 0.717) is 15.9 Å². The molecule has 0 saturated heterocycles. The molecule has 0 atom stereocenters. The maximum atomic E-state index is 12.7. The minimum atomic E-state index is -4.79. The van der Waals surface area contributed by atoms with Crippen molar-refractivity contribution in [2.24, 2.45) is 0 Å². The van der Waals surface area contributed by atoms with Crippen LogP contribution in [0.3, 0.4) is 0 Å². The Balaban J connectivity index is 1.89. The van der Waals surface area contributed by atoms with Crippen LogP contribution in [-0.4, -0.2) is 34.9 Å². The van der Waals surface area contributed by atoms with Crippen molar-refractivity contribution >= 4 is 32.5 Å². The van der Waals surface area contributed by atoms with E-state index in [9.17, 15) is 21.6 Å². The molecule has 1 N–H and O–H groups in total. The molecule has 3 aromatic rings. The molecule has 0 fully saturated rings. The molecule has 0 aliphatic carbocycles. The number of benzene rings is 1. The Kier molecular flexibility index (Phi) is 4.25. The monoisotopic (exact) mass is 394 g/mol. The first kappa shape index (κ1) is 17.7. The van der Waals surface area contributed by atoms with Crippen LogP contribution in [0.25, 0.3) is 10.9 Å². The lowest BCUT2D eigenvalue weighted by atomic mass is 10.2. The van der Waals surface area contributed by atoms with Crippen molar-refractivity contribution in [1.29, 1.82) is 0 Å². The molecular weight excluding hydrogens is 385 g/mol. The van der Waals surface area contributed by atoms with Crippen LogP contribution in [0.15, 0.2) is 33.8 Å². The van der Waals surface area contributed by atoms with Gasteiger partial charge in [-0.2, -0.15) is 22.5 Å². The maximum absolute atomic E-state index is 12.7. The Morgan fingerprint density at radius 1 is 1.36 bits per heavy atom. The number of aromatic amines is 1. The van der Waals surface area contributed by atoms with Gasteiger partial charge in [0.15, 0.2) is 5.82 Å². The van der Waals surface area contributed by atoms with E-state index in [1.807, 2.05) is 0 Å². The lowest BCUT2D eigenvalue weighted by Crippen LogP contribution is -2.27. The molecule has 0 unspecified atom stereocenters. The minimum Gasteiger partial charge on any atom is -0.360 e. The smallest absolute Gasteiger partial charge is 0.360 e. The highest BCUT2D eigenvalue weighted by Crippen LogP contribution is 2.29. The summed E-state index contributed by atoms with van der Waals surface area (Å²) in [5.74, 6) is -1.93. The predicted molar refractivity (Wildman–Crippen MR) is 81.3 cm³/mol. The molecule has 0 saturated carbocycles. The Morgan fingerprint density at radius 2 is 2.08 bits per heavy atom. The molecule has 0 amide bonds. The van der Waals surface area contributed by atoms with Crippen molar-refractivity contribution in [3.8, 4) is 0 Å². The number of halogens is 4. The molecule has 0 spiro atoms. The van der Waals surface area contributed by atoms with Crippen LogP contribution in [0.2, 0.25) is 5.02 Å². The summed E-state index contributed by atoms with van der Waals surface area (Å²) in [5.41, 5.74) is 0.512. The number of sulfonamides is 1. The van der Waals surface area contributed by atoms with Crippen LogP contribution in [0.5, 0.6) is 0 Å². The normalized spacial score (nSPS) is 13.0. The molecule has 3 rings (SSSR count). The summed E-state index contributed by atoms with van der Waals surface area (Å²) < 4.78 is 67.6. The van der Waals surface area contributed by atoms with Crippen molar-refractivity contribution < 1.29 is 26.1 Å². The number of fused-ring (bicyclic) bond motifs is 1. The Hall–Kier alpha value is -2.11.